The van der Waals surface area contributed by atoms with Crippen molar-refractivity contribution in [1.29, 1.82) is 0 Å². The van der Waals surface area contributed by atoms with Gasteiger partial charge in [-0.05, 0) is 30.2 Å². The van der Waals surface area contributed by atoms with Gasteiger partial charge in [0.2, 0.25) is 11.8 Å². The summed E-state index contributed by atoms with van der Waals surface area (Å²) < 4.78 is 4.58. The van der Waals surface area contributed by atoms with Gasteiger partial charge in [-0.1, -0.05) is 76.3 Å². The normalized spacial score (nSPS) is 16.0. The molecule has 0 radical (unpaired) electrons. The summed E-state index contributed by atoms with van der Waals surface area (Å²) in [5, 5.41) is 5.55. The Morgan fingerprint density at radius 2 is 1.64 bits per heavy atom. The second-order valence-corrected chi connectivity index (χ2v) is 9.40. The number of nitrogens with one attached hydrogen (secondary N) is 2. The molecular formula is C26H38N2O5. The Bertz CT molecular complexity index is 787. The fourth-order valence-electron chi connectivity index (χ4n) is 4.35. The number of hydrogen-bond acceptors (Lipinski definition) is 5. The summed E-state index contributed by atoms with van der Waals surface area (Å²) in [6.45, 7) is 3.94. The lowest BCUT2D eigenvalue weighted by Gasteiger charge is -2.24. The van der Waals surface area contributed by atoms with E-state index in [9.17, 15) is 19.2 Å². The molecule has 1 aromatic rings. The smallest absolute Gasteiger partial charge is 0.376 e. The van der Waals surface area contributed by atoms with E-state index in [1.54, 1.807) is 0 Å². The molecule has 0 bridgehead atoms. The highest BCUT2D eigenvalue weighted by Crippen LogP contribution is 2.27. The zero-order valence-corrected chi connectivity index (χ0v) is 20.1. The predicted octanol–water partition coefficient (Wildman–Crippen LogP) is 3.35. The molecule has 2 amide bonds. The van der Waals surface area contributed by atoms with Crippen molar-refractivity contribution in [1.82, 2.24) is 10.6 Å². The van der Waals surface area contributed by atoms with Gasteiger partial charge in [0.25, 0.3) is 5.78 Å². The number of ether oxygens (including phenoxy) is 1. The van der Waals surface area contributed by atoms with Crippen molar-refractivity contribution in [3.8, 4) is 0 Å². The monoisotopic (exact) mass is 458 g/mol. The first-order valence-corrected chi connectivity index (χ1v) is 12.1. The third-order valence-electron chi connectivity index (χ3n) is 6.17. The first-order chi connectivity index (χ1) is 15.8. The van der Waals surface area contributed by atoms with Gasteiger partial charge in [-0.2, -0.15) is 0 Å². The highest BCUT2D eigenvalue weighted by molar-refractivity contribution is 6.36. The molecular weight excluding hydrogens is 420 g/mol. The van der Waals surface area contributed by atoms with Gasteiger partial charge in [0.1, 0.15) is 12.1 Å². The van der Waals surface area contributed by atoms with Crippen LogP contribution in [0.1, 0.15) is 70.8 Å². The Balaban J connectivity index is 2.04. The van der Waals surface area contributed by atoms with Crippen molar-refractivity contribution in [2.24, 2.45) is 11.8 Å². The third kappa shape index (κ3) is 9.36. The van der Waals surface area contributed by atoms with Gasteiger partial charge in [0.15, 0.2) is 0 Å². The number of amides is 2. The molecule has 182 valence electrons. The molecule has 2 N–H and O–H groups in total. The molecule has 0 unspecified atom stereocenters. The summed E-state index contributed by atoms with van der Waals surface area (Å²) in [5.74, 6) is -1.71. The fourth-order valence-corrected chi connectivity index (χ4v) is 4.35. The molecule has 1 aliphatic rings. The van der Waals surface area contributed by atoms with Gasteiger partial charge in [0.05, 0.1) is 7.11 Å². The van der Waals surface area contributed by atoms with Gasteiger partial charge < -0.3 is 15.4 Å². The van der Waals surface area contributed by atoms with E-state index in [1.807, 2.05) is 44.2 Å². The van der Waals surface area contributed by atoms with Crippen molar-refractivity contribution in [3.63, 3.8) is 0 Å². The zero-order valence-electron chi connectivity index (χ0n) is 20.1. The average molecular weight is 459 g/mol. The molecule has 7 heteroatoms. The number of methoxy groups -OCH3 is 1. The van der Waals surface area contributed by atoms with Crippen LogP contribution in [0.2, 0.25) is 0 Å². The maximum atomic E-state index is 13.1. The Morgan fingerprint density at radius 3 is 2.24 bits per heavy atom. The zero-order chi connectivity index (χ0) is 24.2. The average Bonchev–Trinajstić information content (AvgIpc) is 2.82. The highest BCUT2D eigenvalue weighted by atomic mass is 16.5. The van der Waals surface area contributed by atoms with Crippen LogP contribution < -0.4 is 10.6 Å². The Hall–Kier alpha value is -2.70. The Kier molecular flexibility index (Phi) is 11.1. The van der Waals surface area contributed by atoms with Crippen molar-refractivity contribution < 1.29 is 23.9 Å². The molecule has 0 aromatic heterocycles. The second kappa shape index (κ2) is 13.8. The van der Waals surface area contributed by atoms with Crippen LogP contribution in [-0.4, -0.2) is 42.8 Å². The lowest BCUT2D eigenvalue weighted by atomic mass is 9.86. The topological polar surface area (TPSA) is 102 Å². The lowest BCUT2D eigenvalue weighted by molar-refractivity contribution is -0.153. The summed E-state index contributed by atoms with van der Waals surface area (Å²) in [5.41, 5.74) is 0.803. The van der Waals surface area contributed by atoms with Gasteiger partial charge >= 0.3 is 5.97 Å². The lowest BCUT2D eigenvalue weighted by Crippen LogP contribution is -2.53. The molecule has 1 fully saturated rings. The van der Waals surface area contributed by atoms with Crippen LogP contribution in [0.3, 0.4) is 0 Å². The van der Waals surface area contributed by atoms with Crippen LogP contribution in [0.15, 0.2) is 30.3 Å². The predicted molar refractivity (Wildman–Crippen MR) is 126 cm³/mol. The molecule has 1 aromatic carbocycles. The maximum absolute atomic E-state index is 13.1. The number of Topliss-reactive ketones (excluding diaryl/α,β-unsaturated/α-hetero) is 1. The van der Waals surface area contributed by atoms with Crippen LogP contribution in [-0.2, 0) is 30.3 Å². The quantitative estimate of drug-likeness (QED) is 0.369. The largest absolute Gasteiger partial charge is 0.463 e. The number of rotatable bonds is 12. The van der Waals surface area contributed by atoms with Crippen LogP contribution in [0.4, 0.5) is 0 Å². The van der Waals surface area contributed by atoms with Crippen LogP contribution in [0.5, 0.6) is 0 Å². The summed E-state index contributed by atoms with van der Waals surface area (Å²) in [6.07, 6.45) is 7.87. The van der Waals surface area contributed by atoms with E-state index in [-0.39, 0.29) is 18.2 Å². The first kappa shape index (κ1) is 26.6. The second-order valence-electron chi connectivity index (χ2n) is 9.40. The summed E-state index contributed by atoms with van der Waals surface area (Å²) >= 11 is 0. The molecule has 7 nitrogen and oxygen atoms in total. The summed E-state index contributed by atoms with van der Waals surface area (Å²) in [4.78, 5) is 50.2. The van der Waals surface area contributed by atoms with Crippen molar-refractivity contribution in [3.05, 3.63) is 35.9 Å². The van der Waals surface area contributed by atoms with Crippen LogP contribution >= 0.6 is 0 Å². The van der Waals surface area contributed by atoms with Crippen LogP contribution in [0, 0.1) is 11.8 Å². The van der Waals surface area contributed by atoms with Crippen molar-refractivity contribution in [2.45, 2.75) is 83.7 Å². The van der Waals surface area contributed by atoms with E-state index in [0.29, 0.717) is 18.8 Å². The molecule has 2 atom stereocenters. The minimum atomic E-state index is -1.07. The van der Waals surface area contributed by atoms with Gasteiger partial charge in [-0.15, -0.1) is 0 Å². The summed E-state index contributed by atoms with van der Waals surface area (Å²) in [7, 11) is 1.13. The minimum absolute atomic E-state index is 0.153. The molecule has 0 heterocycles. The number of benzene rings is 1. The number of ketones is 1. The van der Waals surface area contributed by atoms with Crippen LogP contribution in [0.25, 0.3) is 0 Å². The van der Waals surface area contributed by atoms with E-state index in [0.717, 1.165) is 19.1 Å². The fraction of sp³-hybridized carbons (Fsp3) is 0.615. The Morgan fingerprint density at radius 1 is 0.970 bits per heavy atom. The molecule has 1 aliphatic carbocycles. The standard InChI is InChI=1S/C26H38N2O5/c1-18(2)16-22(27-23(29)15-14-19-10-6-4-7-11-19)25(31)28-21(24(30)26(32)33-3)17-20-12-8-5-9-13-20/h5,8-9,12-13,18-19,21-22H,4,6-7,10-11,14-17H2,1-3H3,(H,27,29)(H,28,31)/t21-,22-/m0/s1. The third-order valence-corrected chi connectivity index (χ3v) is 6.17. The minimum Gasteiger partial charge on any atom is -0.463 e. The highest BCUT2D eigenvalue weighted by Gasteiger charge is 2.31. The van der Waals surface area contributed by atoms with Crippen molar-refractivity contribution >= 4 is 23.6 Å². The number of esters is 1. The summed E-state index contributed by atoms with van der Waals surface area (Å²) in [6, 6.07) is 7.30. The molecule has 0 aliphatic heterocycles. The van der Waals surface area contributed by atoms with Gasteiger partial charge in [0, 0.05) is 12.8 Å². The maximum Gasteiger partial charge on any atom is 0.376 e. The van der Waals surface area contributed by atoms with E-state index < -0.39 is 29.7 Å². The van der Waals surface area contributed by atoms with E-state index in [4.69, 9.17) is 0 Å². The molecule has 2 rings (SSSR count). The molecule has 1 saturated carbocycles. The SMILES string of the molecule is COC(=O)C(=O)[C@H](Cc1ccccc1)NC(=O)[C@H](CC(C)C)NC(=O)CCC1CCCCC1. The number of hydrogen-bond donors (Lipinski definition) is 2. The number of carbonyl (C=O) groups excluding carboxylic acids is 4. The Labute approximate surface area is 197 Å². The van der Waals surface area contributed by atoms with Crippen molar-refractivity contribution in [2.75, 3.05) is 7.11 Å². The van der Waals surface area contributed by atoms with E-state index in [1.165, 1.54) is 32.1 Å². The molecule has 33 heavy (non-hydrogen) atoms. The first-order valence-electron chi connectivity index (χ1n) is 12.1. The number of carbonyl (C=O) groups is 4. The van der Waals surface area contributed by atoms with E-state index >= 15 is 0 Å². The van der Waals surface area contributed by atoms with E-state index in [2.05, 4.69) is 15.4 Å². The van der Waals surface area contributed by atoms with Gasteiger partial charge in [-0.3, -0.25) is 14.4 Å². The molecule has 0 spiro atoms. The van der Waals surface area contributed by atoms with Gasteiger partial charge in [-0.25, -0.2) is 4.79 Å². The molecule has 0 saturated heterocycles.